The Morgan fingerprint density at radius 3 is 2.43 bits per heavy atom. The van der Waals surface area contributed by atoms with E-state index in [4.69, 9.17) is 5.11 Å². The van der Waals surface area contributed by atoms with E-state index < -0.39 is 16.0 Å². The quantitative estimate of drug-likeness (QED) is 0.717. The highest BCUT2D eigenvalue weighted by molar-refractivity contribution is 7.89. The van der Waals surface area contributed by atoms with E-state index in [2.05, 4.69) is 4.72 Å². The number of carboxylic acid groups (broad SMARTS) is 1. The van der Waals surface area contributed by atoms with Gasteiger partial charge in [0.2, 0.25) is 10.0 Å². The number of aliphatic carboxylic acids is 1. The lowest BCUT2D eigenvalue weighted by atomic mass is 10.1. The second-order valence-electron chi connectivity index (χ2n) is 4.99. The Bertz CT molecular complexity index is 787. The monoisotopic (exact) mass is 335 g/mol. The second-order valence-corrected chi connectivity index (χ2v) is 6.76. The minimum Gasteiger partial charge on any atom is -0.508 e. The van der Waals surface area contributed by atoms with Crippen molar-refractivity contribution in [2.45, 2.75) is 24.3 Å². The van der Waals surface area contributed by atoms with Crippen molar-refractivity contribution in [2.75, 3.05) is 0 Å². The lowest BCUT2D eigenvalue weighted by Crippen LogP contribution is -2.23. The third kappa shape index (κ3) is 4.80. The van der Waals surface area contributed by atoms with Gasteiger partial charge >= 0.3 is 5.97 Å². The van der Waals surface area contributed by atoms with E-state index in [-0.39, 0.29) is 35.6 Å². The van der Waals surface area contributed by atoms with Crippen LogP contribution in [0.3, 0.4) is 0 Å². The van der Waals surface area contributed by atoms with E-state index in [1.165, 1.54) is 18.2 Å². The molecule has 0 aliphatic heterocycles. The topological polar surface area (TPSA) is 104 Å². The zero-order valence-corrected chi connectivity index (χ0v) is 13.1. The molecule has 2 aromatic carbocycles. The van der Waals surface area contributed by atoms with Crippen LogP contribution in [-0.2, 0) is 27.8 Å². The summed E-state index contributed by atoms with van der Waals surface area (Å²) in [5.74, 6) is -1.13. The third-order valence-corrected chi connectivity index (χ3v) is 4.68. The van der Waals surface area contributed by atoms with Crippen LogP contribution in [-0.4, -0.2) is 24.6 Å². The average molecular weight is 335 g/mol. The molecule has 122 valence electrons. The Balaban J connectivity index is 2.15. The zero-order valence-electron chi connectivity index (χ0n) is 12.3. The second kappa shape index (κ2) is 7.26. The summed E-state index contributed by atoms with van der Waals surface area (Å²) in [5, 5.41) is 18.4. The lowest BCUT2D eigenvalue weighted by Gasteiger charge is -2.09. The van der Waals surface area contributed by atoms with E-state index in [1.807, 2.05) is 18.2 Å². The van der Waals surface area contributed by atoms with Crippen molar-refractivity contribution in [3.8, 4) is 5.75 Å². The van der Waals surface area contributed by atoms with Crippen LogP contribution in [0.15, 0.2) is 53.4 Å². The molecule has 0 heterocycles. The van der Waals surface area contributed by atoms with Crippen LogP contribution in [0, 0.1) is 0 Å². The molecule has 0 spiro atoms. The van der Waals surface area contributed by atoms with Crippen LogP contribution in [0.25, 0.3) is 0 Å². The number of rotatable bonds is 7. The first-order valence-electron chi connectivity index (χ1n) is 6.96. The molecule has 0 bridgehead atoms. The number of aromatic hydroxyl groups is 1. The van der Waals surface area contributed by atoms with Crippen molar-refractivity contribution >= 4 is 16.0 Å². The Morgan fingerprint density at radius 2 is 1.78 bits per heavy atom. The zero-order chi connectivity index (χ0) is 16.9. The third-order valence-electron chi connectivity index (χ3n) is 3.28. The van der Waals surface area contributed by atoms with Crippen molar-refractivity contribution in [1.29, 1.82) is 0 Å². The number of carbonyl (C=O) groups is 1. The summed E-state index contributed by atoms with van der Waals surface area (Å²) in [6, 6.07) is 12.9. The highest BCUT2D eigenvalue weighted by Crippen LogP contribution is 2.22. The predicted octanol–water partition coefficient (Wildman–Crippen LogP) is 1.89. The van der Waals surface area contributed by atoms with Gasteiger partial charge < -0.3 is 10.2 Å². The molecule has 23 heavy (non-hydrogen) atoms. The van der Waals surface area contributed by atoms with Gasteiger partial charge in [-0.3, -0.25) is 4.79 Å². The molecule has 3 N–H and O–H groups in total. The van der Waals surface area contributed by atoms with Crippen molar-refractivity contribution in [1.82, 2.24) is 4.72 Å². The van der Waals surface area contributed by atoms with Gasteiger partial charge in [0.15, 0.2) is 0 Å². The van der Waals surface area contributed by atoms with E-state index in [0.29, 0.717) is 0 Å². The number of benzene rings is 2. The molecule has 0 saturated carbocycles. The van der Waals surface area contributed by atoms with Crippen molar-refractivity contribution in [2.24, 2.45) is 0 Å². The van der Waals surface area contributed by atoms with E-state index in [9.17, 15) is 18.3 Å². The minimum atomic E-state index is -3.74. The molecule has 0 amide bonds. The van der Waals surface area contributed by atoms with Crippen LogP contribution in [0.5, 0.6) is 5.75 Å². The molecule has 0 unspecified atom stereocenters. The maximum absolute atomic E-state index is 12.3. The normalized spacial score (nSPS) is 11.3. The van der Waals surface area contributed by atoms with E-state index in [1.54, 1.807) is 12.1 Å². The van der Waals surface area contributed by atoms with Crippen LogP contribution in [0.4, 0.5) is 0 Å². The van der Waals surface area contributed by atoms with Crippen molar-refractivity contribution in [3.63, 3.8) is 0 Å². The molecule has 0 aliphatic rings. The number of hydrogen-bond donors (Lipinski definition) is 3. The number of aryl methyl sites for hydroxylation is 1. The first-order valence-corrected chi connectivity index (χ1v) is 8.44. The van der Waals surface area contributed by atoms with Gasteiger partial charge in [-0.25, -0.2) is 13.1 Å². The highest BCUT2D eigenvalue weighted by atomic mass is 32.2. The molecule has 2 rings (SSSR count). The molecular formula is C16H17NO5S. The number of carboxylic acids is 1. The average Bonchev–Trinajstić information content (AvgIpc) is 2.53. The van der Waals surface area contributed by atoms with Crippen LogP contribution >= 0.6 is 0 Å². The molecular weight excluding hydrogens is 318 g/mol. The fraction of sp³-hybridized carbons (Fsp3) is 0.188. The molecule has 0 fully saturated rings. The first-order chi connectivity index (χ1) is 10.9. The van der Waals surface area contributed by atoms with Gasteiger partial charge in [-0.05, 0) is 35.7 Å². The number of phenols is 1. The summed E-state index contributed by atoms with van der Waals surface area (Å²) in [5.41, 5.74) is 1.11. The summed E-state index contributed by atoms with van der Waals surface area (Å²) in [6.45, 7) is 0.147. The first kappa shape index (κ1) is 17.0. The van der Waals surface area contributed by atoms with Gasteiger partial charge in [-0.1, -0.05) is 30.3 Å². The Hall–Kier alpha value is -2.38. The molecule has 0 aliphatic carbocycles. The van der Waals surface area contributed by atoms with E-state index in [0.717, 1.165) is 5.56 Å². The molecule has 0 radical (unpaired) electrons. The maximum atomic E-state index is 12.3. The largest absolute Gasteiger partial charge is 0.508 e. The molecule has 0 saturated heterocycles. The van der Waals surface area contributed by atoms with Gasteiger partial charge in [-0.15, -0.1) is 0 Å². The smallest absolute Gasteiger partial charge is 0.303 e. The maximum Gasteiger partial charge on any atom is 0.303 e. The molecule has 2 aromatic rings. The van der Waals surface area contributed by atoms with Gasteiger partial charge in [-0.2, -0.15) is 0 Å². The Morgan fingerprint density at radius 1 is 1.09 bits per heavy atom. The fourth-order valence-corrected chi connectivity index (χ4v) is 3.10. The fourth-order valence-electron chi connectivity index (χ4n) is 2.03. The number of hydrogen-bond acceptors (Lipinski definition) is 4. The number of sulfonamides is 1. The summed E-state index contributed by atoms with van der Waals surface area (Å²) in [4.78, 5) is 10.6. The van der Waals surface area contributed by atoms with Crippen molar-refractivity contribution < 1.29 is 23.4 Å². The highest BCUT2D eigenvalue weighted by Gasteiger charge is 2.16. The summed E-state index contributed by atoms with van der Waals surface area (Å²) in [7, 11) is -3.74. The van der Waals surface area contributed by atoms with Crippen molar-refractivity contribution in [3.05, 3.63) is 59.7 Å². The summed E-state index contributed by atoms with van der Waals surface area (Å²) >= 11 is 0. The summed E-state index contributed by atoms with van der Waals surface area (Å²) in [6.07, 6.45) is -0.127. The molecule has 7 heteroatoms. The van der Waals surface area contributed by atoms with Crippen LogP contribution < -0.4 is 4.72 Å². The number of nitrogens with one attached hydrogen (secondary N) is 1. The molecule has 0 atom stereocenters. The summed E-state index contributed by atoms with van der Waals surface area (Å²) < 4.78 is 27.1. The predicted molar refractivity (Wildman–Crippen MR) is 84.5 cm³/mol. The minimum absolute atomic E-state index is 0.00776. The van der Waals surface area contributed by atoms with Gasteiger partial charge in [0, 0.05) is 13.0 Å². The molecule has 0 aromatic heterocycles. The van der Waals surface area contributed by atoms with E-state index >= 15 is 0 Å². The Labute approximate surface area is 134 Å². The van der Waals surface area contributed by atoms with Crippen LogP contribution in [0.1, 0.15) is 17.5 Å². The van der Waals surface area contributed by atoms with Crippen LogP contribution in [0.2, 0.25) is 0 Å². The molecule has 6 nitrogen and oxygen atoms in total. The number of phenolic OH excluding ortho intramolecular Hbond substituents is 1. The Kier molecular flexibility index (Phi) is 5.36. The van der Waals surface area contributed by atoms with Gasteiger partial charge in [0.05, 0.1) is 4.90 Å². The van der Waals surface area contributed by atoms with Gasteiger partial charge in [0.25, 0.3) is 0 Å². The standard InChI is InChI=1S/C16H17NO5S/c18-15-8-7-14(10-13(15)6-9-16(19)20)23(21,22)17-11-12-4-2-1-3-5-12/h1-5,7-8,10,17-18H,6,9,11H2,(H,19,20). The SMILES string of the molecule is O=C(O)CCc1cc(S(=O)(=O)NCc2ccccc2)ccc1O. The lowest BCUT2D eigenvalue weighted by molar-refractivity contribution is -0.136. The van der Waals surface area contributed by atoms with Gasteiger partial charge in [0.1, 0.15) is 5.75 Å².